The summed E-state index contributed by atoms with van der Waals surface area (Å²) in [5.74, 6) is 1.38. The van der Waals surface area contributed by atoms with Gasteiger partial charge in [0.25, 0.3) is 0 Å². The van der Waals surface area contributed by atoms with Crippen molar-refractivity contribution < 1.29 is 14.3 Å². The summed E-state index contributed by atoms with van der Waals surface area (Å²) >= 11 is 0. The monoisotopic (exact) mass is 192 g/mol. The van der Waals surface area contributed by atoms with E-state index >= 15 is 0 Å². The van der Waals surface area contributed by atoms with E-state index in [1.54, 1.807) is 14.0 Å². The maximum absolute atomic E-state index is 11.3. The molecule has 1 aromatic rings. The summed E-state index contributed by atoms with van der Waals surface area (Å²) in [6, 6.07) is 5.57. The van der Waals surface area contributed by atoms with Crippen LogP contribution in [0.5, 0.6) is 11.5 Å². The van der Waals surface area contributed by atoms with E-state index in [9.17, 15) is 4.79 Å². The average Bonchev–Trinajstić information content (AvgIpc) is 2.15. The summed E-state index contributed by atoms with van der Waals surface area (Å²) in [7, 11) is 1.59. The van der Waals surface area contributed by atoms with Crippen molar-refractivity contribution in [3.63, 3.8) is 0 Å². The number of fused-ring (bicyclic) bond motifs is 1. The van der Waals surface area contributed by atoms with Crippen molar-refractivity contribution in [1.29, 1.82) is 0 Å². The molecule has 1 atom stereocenters. The molecule has 0 saturated carbocycles. The highest BCUT2D eigenvalue weighted by Gasteiger charge is 2.46. The molecule has 3 heteroatoms. The van der Waals surface area contributed by atoms with Gasteiger partial charge in [0.15, 0.2) is 22.9 Å². The van der Waals surface area contributed by atoms with Crippen LogP contribution in [0.15, 0.2) is 18.2 Å². The molecule has 0 saturated heterocycles. The summed E-state index contributed by atoms with van der Waals surface area (Å²) < 4.78 is 10.6. The predicted molar refractivity (Wildman–Crippen MR) is 51.7 cm³/mol. The van der Waals surface area contributed by atoms with Crippen molar-refractivity contribution in [1.82, 2.24) is 0 Å². The van der Waals surface area contributed by atoms with Crippen molar-refractivity contribution in [2.75, 3.05) is 7.11 Å². The molecule has 1 aliphatic rings. The van der Waals surface area contributed by atoms with E-state index in [2.05, 4.69) is 0 Å². The maximum Gasteiger partial charge on any atom is 0.192 e. The number of rotatable bonds is 2. The number of carbonyl (C=O) groups excluding carboxylic acids is 1. The Kier molecular flexibility index (Phi) is 1.77. The number of Topliss-reactive ketones (excluding diaryl/α,β-unsaturated/α-hetero) is 1. The number of ether oxygens (including phenoxy) is 2. The minimum absolute atomic E-state index is 0.0123. The van der Waals surface area contributed by atoms with Crippen LogP contribution in [-0.2, 0) is 10.4 Å². The van der Waals surface area contributed by atoms with E-state index in [4.69, 9.17) is 9.47 Å². The van der Waals surface area contributed by atoms with Crippen molar-refractivity contribution in [2.24, 2.45) is 0 Å². The van der Waals surface area contributed by atoms with Gasteiger partial charge in [0.05, 0.1) is 7.11 Å². The highest BCUT2D eigenvalue weighted by molar-refractivity contribution is 5.90. The van der Waals surface area contributed by atoms with Crippen LogP contribution >= 0.6 is 0 Å². The Morgan fingerprint density at radius 3 is 2.79 bits per heavy atom. The van der Waals surface area contributed by atoms with Gasteiger partial charge in [-0.2, -0.15) is 0 Å². The van der Waals surface area contributed by atoms with Gasteiger partial charge < -0.3 is 9.47 Å². The Balaban J connectivity index is 2.49. The maximum atomic E-state index is 11.3. The standard InChI is InChI=1S/C11H12O3/c1-7(12)11(2)8-5-4-6-9(13-3)10(8)14-11/h4-6H,1-3H3. The number of methoxy groups -OCH3 is 1. The average molecular weight is 192 g/mol. The molecule has 1 aromatic carbocycles. The number of carbonyl (C=O) groups is 1. The van der Waals surface area contributed by atoms with E-state index < -0.39 is 5.60 Å². The second-order valence-electron chi connectivity index (χ2n) is 3.53. The van der Waals surface area contributed by atoms with Gasteiger partial charge in [0.2, 0.25) is 0 Å². The topological polar surface area (TPSA) is 35.5 Å². The zero-order valence-corrected chi connectivity index (χ0v) is 8.46. The molecule has 1 heterocycles. The third-order valence-corrected chi connectivity index (χ3v) is 2.69. The predicted octanol–water partition coefficient (Wildman–Crippen LogP) is 1.89. The van der Waals surface area contributed by atoms with Crippen LogP contribution in [0, 0.1) is 0 Å². The fraction of sp³-hybridized carbons (Fsp3) is 0.364. The van der Waals surface area contributed by atoms with Crippen molar-refractivity contribution in [3.05, 3.63) is 23.8 Å². The number of hydrogen-bond donors (Lipinski definition) is 0. The number of ketones is 1. The molecule has 2 rings (SSSR count). The van der Waals surface area contributed by atoms with Crippen LogP contribution in [-0.4, -0.2) is 12.9 Å². The lowest BCUT2D eigenvalue weighted by Crippen LogP contribution is -2.44. The molecule has 3 nitrogen and oxygen atoms in total. The highest BCUT2D eigenvalue weighted by atomic mass is 16.6. The Labute approximate surface area is 82.6 Å². The Bertz CT molecular complexity index is 398. The van der Waals surface area contributed by atoms with Gasteiger partial charge in [-0.15, -0.1) is 0 Å². The van der Waals surface area contributed by atoms with Crippen LogP contribution in [0.1, 0.15) is 19.4 Å². The number of benzene rings is 1. The lowest BCUT2D eigenvalue weighted by atomic mass is 9.86. The first kappa shape index (κ1) is 9.06. The van der Waals surface area contributed by atoms with Crippen molar-refractivity contribution in [3.8, 4) is 11.5 Å². The van der Waals surface area contributed by atoms with Crippen molar-refractivity contribution in [2.45, 2.75) is 19.4 Å². The van der Waals surface area contributed by atoms with Gasteiger partial charge >= 0.3 is 0 Å². The number of para-hydroxylation sites is 1. The molecule has 0 spiro atoms. The molecule has 0 radical (unpaired) electrons. The van der Waals surface area contributed by atoms with Crippen LogP contribution in [0.2, 0.25) is 0 Å². The molecule has 74 valence electrons. The first-order valence-corrected chi connectivity index (χ1v) is 4.47. The molecule has 0 N–H and O–H groups in total. The third-order valence-electron chi connectivity index (χ3n) is 2.69. The SMILES string of the molecule is COc1cccc2c1OC2(C)C(C)=O. The second kappa shape index (κ2) is 2.74. The minimum Gasteiger partial charge on any atom is -0.493 e. The fourth-order valence-electron chi connectivity index (χ4n) is 1.63. The van der Waals surface area contributed by atoms with E-state index in [0.717, 1.165) is 5.56 Å². The summed E-state index contributed by atoms with van der Waals surface area (Å²) in [4.78, 5) is 11.3. The molecule has 0 aliphatic carbocycles. The second-order valence-corrected chi connectivity index (χ2v) is 3.53. The van der Waals surface area contributed by atoms with Gasteiger partial charge in [-0.3, -0.25) is 4.79 Å². The third kappa shape index (κ3) is 0.953. The lowest BCUT2D eigenvalue weighted by Gasteiger charge is -2.39. The van der Waals surface area contributed by atoms with Gasteiger partial charge in [0.1, 0.15) is 0 Å². The van der Waals surface area contributed by atoms with Gasteiger partial charge in [-0.25, -0.2) is 0 Å². The quantitative estimate of drug-likeness (QED) is 0.717. The Morgan fingerprint density at radius 2 is 2.21 bits per heavy atom. The highest BCUT2D eigenvalue weighted by Crippen LogP contribution is 2.49. The molecule has 0 aromatic heterocycles. The molecule has 0 fully saturated rings. The summed E-state index contributed by atoms with van der Waals surface area (Å²) in [5, 5.41) is 0. The van der Waals surface area contributed by atoms with E-state index in [0.29, 0.717) is 11.5 Å². The largest absolute Gasteiger partial charge is 0.493 e. The van der Waals surface area contributed by atoms with Gasteiger partial charge in [-0.1, -0.05) is 12.1 Å². The van der Waals surface area contributed by atoms with Crippen LogP contribution in [0.3, 0.4) is 0 Å². The van der Waals surface area contributed by atoms with Crippen LogP contribution in [0.4, 0.5) is 0 Å². The molecular weight excluding hydrogens is 180 g/mol. The minimum atomic E-state index is -0.774. The summed E-state index contributed by atoms with van der Waals surface area (Å²) in [6.45, 7) is 3.31. The van der Waals surface area contributed by atoms with Crippen LogP contribution in [0.25, 0.3) is 0 Å². The normalized spacial score (nSPS) is 23.1. The van der Waals surface area contributed by atoms with Crippen molar-refractivity contribution >= 4 is 5.78 Å². The van der Waals surface area contributed by atoms with E-state index in [1.165, 1.54) is 6.92 Å². The summed E-state index contributed by atoms with van der Waals surface area (Å²) in [5.41, 5.74) is 0.133. The smallest absolute Gasteiger partial charge is 0.192 e. The zero-order chi connectivity index (χ0) is 10.3. The lowest BCUT2D eigenvalue weighted by molar-refractivity contribution is -0.136. The van der Waals surface area contributed by atoms with E-state index in [1.807, 2.05) is 18.2 Å². The fourth-order valence-corrected chi connectivity index (χ4v) is 1.63. The molecule has 14 heavy (non-hydrogen) atoms. The Morgan fingerprint density at radius 1 is 1.50 bits per heavy atom. The molecular formula is C11H12O3. The molecule has 1 unspecified atom stereocenters. The Hall–Kier alpha value is -1.51. The first-order chi connectivity index (χ1) is 6.59. The van der Waals surface area contributed by atoms with E-state index in [-0.39, 0.29) is 5.78 Å². The number of hydrogen-bond acceptors (Lipinski definition) is 3. The van der Waals surface area contributed by atoms with Gasteiger partial charge in [-0.05, 0) is 19.9 Å². The van der Waals surface area contributed by atoms with Crippen LogP contribution < -0.4 is 9.47 Å². The first-order valence-electron chi connectivity index (χ1n) is 4.47. The molecule has 1 aliphatic heterocycles. The van der Waals surface area contributed by atoms with Gasteiger partial charge in [0, 0.05) is 5.56 Å². The molecule has 0 bridgehead atoms. The summed E-state index contributed by atoms with van der Waals surface area (Å²) in [6.07, 6.45) is 0. The zero-order valence-electron chi connectivity index (χ0n) is 8.46. The molecule has 0 amide bonds.